The molecule has 2 aromatic rings. The molecule has 0 spiro atoms. The quantitative estimate of drug-likeness (QED) is 0.671. The van der Waals surface area contributed by atoms with Gasteiger partial charge < -0.3 is 10.5 Å². The van der Waals surface area contributed by atoms with Gasteiger partial charge in [0.1, 0.15) is 12.4 Å². The van der Waals surface area contributed by atoms with Gasteiger partial charge in [-0.3, -0.25) is 0 Å². The summed E-state index contributed by atoms with van der Waals surface area (Å²) in [4.78, 5) is 1.23. The van der Waals surface area contributed by atoms with Crippen LogP contribution in [0.3, 0.4) is 0 Å². The number of hydrogen-bond acceptors (Lipinski definition) is 3. The average molecular weight is 324 g/mol. The molecule has 94 valence electrons. The lowest BCUT2D eigenvalue weighted by molar-refractivity contribution is 0.305. The Morgan fingerprint density at radius 2 is 1.89 bits per heavy atom. The molecule has 0 fully saturated rings. The van der Waals surface area contributed by atoms with Crippen LogP contribution >= 0.6 is 27.7 Å². The molecule has 2 nitrogen and oxygen atoms in total. The number of nitrogens with two attached hydrogens (primary N) is 1. The molecular formula is C14H14BrNOS. The van der Waals surface area contributed by atoms with Crippen molar-refractivity contribution in [3.8, 4) is 5.75 Å². The highest BCUT2D eigenvalue weighted by atomic mass is 79.9. The smallest absolute Gasteiger partial charge is 0.119 e. The van der Waals surface area contributed by atoms with Gasteiger partial charge in [-0.2, -0.15) is 0 Å². The highest BCUT2D eigenvalue weighted by Crippen LogP contribution is 2.25. The van der Waals surface area contributed by atoms with Gasteiger partial charge in [0.05, 0.1) is 0 Å². The Balaban J connectivity index is 2.04. The average Bonchev–Trinajstić information content (AvgIpc) is 2.41. The summed E-state index contributed by atoms with van der Waals surface area (Å²) in [5.41, 5.74) is 7.60. The van der Waals surface area contributed by atoms with E-state index in [1.54, 1.807) is 11.8 Å². The van der Waals surface area contributed by atoms with Crippen molar-refractivity contribution in [2.75, 3.05) is 12.0 Å². The van der Waals surface area contributed by atoms with Gasteiger partial charge in [0.2, 0.25) is 0 Å². The van der Waals surface area contributed by atoms with Crippen LogP contribution in [0.15, 0.2) is 51.8 Å². The van der Waals surface area contributed by atoms with Gasteiger partial charge in [-0.05, 0) is 52.5 Å². The van der Waals surface area contributed by atoms with Gasteiger partial charge in [-0.15, -0.1) is 11.8 Å². The summed E-state index contributed by atoms with van der Waals surface area (Å²) in [5, 5.41) is 0. The first-order chi connectivity index (χ1) is 8.70. The van der Waals surface area contributed by atoms with E-state index in [2.05, 4.69) is 22.2 Å². The number of hydrogen-bond donors (Lipinski definition) is 1. The number of ether oxygens (including phenoxy) is 1. The first-order valence-corrected chi connectivity index (χ1v) is 7.52. The molecule has 2 aromatic carbocycles. The lowest BCUT2D eigenvalue weighted by atomic mass is 10.2. The highest BCUT2D eigenvalue weighted by molar-refractivity contribution is 9.10. The van der Waals surface area contributed by atoms with Crippen molar-refractivity contribution in [1.29, 1.82) is 0 Å². The van der Waals surface area contributed by atoms with E-state index in [1.165, 1.54) is 4.90 Å². The third-order valence-electron chi connectivity index (χ3n) is 2.56. The van der Waals surface area contributed by atoms with Gasteiger partial charge in [0.15, 0.2) is 0 Å². The summed E-state index contributed by atoms with van der Waals surface area (Å²) >= 11 is 5.18. The van der Waals surface area contributed by atoms with Crippen molar-refractivity contribution in [3.63, 3.8) is 0 Å². The van der Waals surface area contributed by atoms with Crippen molar-refractivity contribution < 1.29 is 4.74 Å². The minimum absolute atomic E-state index is 0.504. The standard InChI is InChI=1S/C14H14BrNOS/c1-18-12-7-5-11(6-8-12)17-9-10-3-2-4-13(16)14(10)15/h2-8H,9,16H2,1H3. The third kappa shape index (κ3) is 3.21. The fourth-order valence-electron chi connectivity index (χ4n) is 1.54. The van der Waals surface area contributed by atoms with Crippen LogP contribution in [0.1, 0.15) is 5.56 Å². The molecule has 0 heterocycles. The first kappa shape index (κ1) is 13.3. The molecule has 0 radical (unpaired) electrons. The highest BCUT2D eigenvalue weighted by Gasteiger charge is 2.03. The van der Waals surface area contributed by atoms with Crippen LogP contribution in [0, 0.1) is 0 Å². The zero-order chi connectivity index (χ0) is 13.0. The van der Waals surface area contributed by atoms with E-state index in [1.807, 2.05) is 42.5 Å². The van der Waals surface area contributed by atoms with E-state index in [0.717, 1.165) is 21.5 Å². The summed E-state index contributed by atoms with van der Waals surface area (Å²) in [6, 6.07) is 13.8. The van der Waals surface area contributed by atoms with Crippen LogP contribution in [0.5, 0.6) is 5.75 Å². The minimum Gasteiger partial charge on any atom is -0.489 e. The zero-order valence-electron chi connectivity index (χ0n) is 10.0. The zero-order valence-corrected chi connectivity index (χ0v) is 12.4. The second-order valence-corrected chi connectivity index (χ2v) is 5.46. The first-order valence-electron chi connectivity index (χ1n) is 5.50. The van der Waals surface area contributed by atoms with Gasteiger partial charge in [0, 0.05) is 20.6 Å². The monoisotopic (exact) mass is 323 g/mol. The fraction of sp³-hybridized carbons (Fsp3) is 0.143. The van der Waals surface area contributed by atoms with Gasteiger partial charge in [0.25, 0.3) is 0 Å². The molecule has 0 saturated carbocycles. The lowest BCUT2D eigenvalue weighted by Crippen LogP contribution is -1.98. The summed E-state index contributed by atoms with van der Waals surface area (Å²) in [6.45, 7) is 0.504. The van der Waals surface area contributed by atoms with Crippen molar-refractivity contribution in [3.05, 3.63) is 52.5 Å². The van der Waals surface area contributed by atoms with E-state index < -0.39 is 0 Å². The number of nitrogen functional groups attached to an aromatic ring is 1. The van der Waals surface area contributed by atoms with E-state index in [0.29, 0.717) is 6.61 Å². The molecular weight excluding hydrogens is 310 g/mol. The van der Waals surface area contributed by atoms with E-state index in [9.17, 15) is 0 Å². The minimum atomic E-state index is 0.504. The second kappa shape index (κ2) is 6.16. The van der Waals surface area contributed by atoms with E-state index in [4.69, 9.17) is 10.5 Å². The molecule has 0 amide bonds. The maximum Gasteiger partial charge on any atom is 0.119 e. The van der Waals surface area contributed by atoms with Crippen molar-refractivity contribution in [2.24, 2.45) is 0 Å². The van der Waals surface area contributed by atoms with Crippen molar-refractivity contribution >= 4 is 33.4 Å². The predicted molar refractivity (Wildman–Crippen MR) is 81.1 cm³/mol. The van der Waals surface area contributed by atoms with Crippen molar-refractivity contribution in [2.45, 2.75) is 11.5 Å². The Kier molecular flexibility index (Phi) is 4.55. The Morgan fingerprint density at radius 3 is 2.56 bits per heavy atom. The number of anilines is 1. The molecule has 0 unspecified atom stereocenters. The molecule has 0 atom stereocenters. The molecule has 0 bridgehead atoms. The molecule has 0 aliphatic heterocycles. The largest absolute Gasteiger partial charge is 0.489 e. The van der Waals surface area contributed by atoms with Crippen LogP contribution in [0.2, 0.25) is 0 Å². The van der Waals surface area contributed by atoms with Gasteiger partial charge in [-0.25, -0.2) is 0 Å². The number of benzene rings is 2. The lowest BCUT2D eigenvalue weighted by Gasteiger charge is -2.09. The molecule has 4 heteroatoms. The summed E-state index contributed by atoms with van der Waals surface area (Å²) < 4.78 is 6.64. The molecule has 0 aliphatic rings. The van der Waals surface area contributed by atoms with Crippen LogP contribution in [0.4, 0.5) is 5.69 Å². The summed E-state index contributed by atoms with van der Waals surface area (Å²) in [7, 11) is 0. The normalized spacial score (nSPS) is 10.3. The number of rotatable bonds is 4. The molecule has 0 aliphatic carbocycles. The topological polar surface area (TPSA) is 35.2 Å². The Morgan fingerprint density at radius 1 is 1.17 bits per heavy atom. The second-order valence-electron chi connectivity index (χ2n) is 3.78. The summed E-state index contributed by atoms with van der Waals surface area (Å²) in [6.07, 6.45) is 2.06. The Bertz CT molecular complexity index is 528. The molecule has 2 rings (SSSR count). The third-order valence-corrected chi connectivity index (χ3v) is 4.27. The predicted octanol–water partition coefficient (Wildman–Crippen LogP) is 4.33. The fourth-order valence-corrected chi connectivity index (χ4v) is 2.33. The van der Waals surface area contributed by atoms with E-state index in [-0.39, 0.29) is 0 Å². The molecule has 0 saturated heterocycles. The Labute approximate surface area is 120 Å². The van der Waals surface area contributed by atoms with Gasteiger partial charge in [-0.1, -0.05) is 12.1 Å². The van der Waals surface area contributed by atoms with Crippen molar-refractivity contribution in [1.82, 2.24) is 0 Å². The summed E-state index contributed by atoms with van der Waals surface area (Å²) in [5.74, 6) is 0.863. The SMILES string of the molecule is CSc1ccc(OCc2cccc(N)c2Br)cc1. The number of halogens is 1. The number of thioether (sulfide) groups is 1. The van der Waals surface area contributed by atoms with Crippen LogP contribution < -0.4 is 10.5 Å². The van der Waals surface area contributed by atoms with Crippen LogP contribution in [-0.2, 0) is 6.61 Å². The molecule has 18 heavy (non-hydrogen) atoms. The maximum atomic E-state index is 5.82. The van der Waals surface area contributed by atoms with Crippen LogP contribution in [-0.4, -0.2) is 6.26 Å². The van der Waals surface area contributed by atoms with E-state index >= 15 is 0 Å². The maximum absolute atomic E-state index is 5.82. The molecule has 0 aromatic heterocycles. The van der Waals surface area contributed by atoms with Crippen LogP contribution in [0.25, 0.3) is 0 Å². The Hall–Kier alpha value is -1.13. The van der Waals surface area contributed by atoms with Gasteiger partial charge >= 0.3 is 0 Å². The molecule has 2 N–H and O–H groups in total.